The van der Waals surface area contributed by atoms with Gasteiger partial charge in [0, 0.05) is 12.1 Å². The number of aromatic nitrogens is 2. The van der Waals surface area contributed by atoms with E-state index in [1.807, 2.05) is 14.0 Å². The van der Waals surface area contributed by atoms with E-state index < -0.39 is 0 Å². The summed E-state index contributed by atoms with van der Waals surface area (Å²) in [5, 5.41) is 7.64. The van der Waals surface area contributed by atoms with E-state index in [9.17, 15) is 4.79 Å². The van der Waals surface area contributed by atoms with Gasteiger partial charge in [-0.1, -0.05) is 12.8 Å². The van der Waals surface area contributed by atoms with Crippen LogP contribution in [0.3, 0.4) is 0 Å². The van der Waals surface area contributed by atoms with E-state index in [1.165, 1.54) is 25.7 Å². The van der Waals surface area contributed by atoms with Crippen molar-refractivity contribution in [2.24, 2.45) is 5.92 Å². The van der Waals surface area contributed by atoms with Crippen LogP contribution in [-0.2, 0) is 6.54 Å². The molecule has 4 nitrogen and oxygen atoms in total. The largest absolute Gasteiger partial charge is 0.315 e. The molecule has 2 rings (SSSR count). The number of nitrogens with zero attached hydrogens (tertiary/aromatic N) is 2. The Morgan fingerprint density at radius 2 is 2.18 bits per heavy atom. The minimum absolute atomic E-state index is 0.00570. The smallest absolute Gasteiger partial charge is 0.266 e. The first kappa shape index (κ1) is 12.3. The van der Waals surface area contributed by atoms with Gasteiger partial charge in [-0.2, -0.15) is 5.10 Å². The summed E-state index contributed by atoms with van der Waals surface area (Å²) in [5.74, 6) is 0.689. The fraction of sp³-hybridized carbons (Fsp3) is 0.692. The van der Waals surface area contributed by atoms with E-state index in [0.29, 0.717) is 18.5 Å². The van der Waals surface area contributed by atoms with Gasteiger partial charge in [-0.15, -0.1) is 0 Å². The predicted molar refractivity (Wildman–Crippen MR) is 68.0 cm³/mol. The maximum absolute atomic E-state index is 11.7. The van der Waals surface area contributed by atoms with Crippen molar-refractivity contribution in [3.8, 4) is 0 Å². The van der Waals surface area contributed by atoms with E-state index in [4.69, 9.17) is 0 Å². The van der Waals surface area contributed by atoms with Crippen LogP contribution in [0.5, 0.6) is 0 Å². The molecule has 0 amide bonds. The Morgan fingerprint density at radius 1 is 1.47 bits per heavy atom. The fourth-order valence-electron chi connectivity index (χ4n) is 2.70. The van der Waals surface area contributed by atoms with Crippen LogP contribution in [0.4, 0.5) is 0 Å². The van der Waals surface area contributed by atoms with Crippen LogP contribution in [0.25, 0.3) is 0 Å². The lowest BCUT2D eigenvalue weighted by molar-refractivity contribution is 0.322. The molecule has 1 heterocycles. The first-order chi connectivity index (χ1) is 8.20. The summed E-state index contributed by atoms with van der Waals surface area (Å²) in [6, 6.07) is 3.73. The van der Waals surface area contributed by atoms with Crippen molar-refractivity contribution in [1.82, 2.24) is 15.1 Å². The van der Waals surface area contributed by atoms with Crippen molar-refractivity contribution < 1.29 is 0 Å². The highest BCUT2D eigenvalue weighted by atomic mass is 16.1. The summed E-state index contributed by atoms with van der Waals surface area (Å²) in [5.41, 5.74) is 0.889. The second kappa shape index (κ2) is 5.45. The van der Waals surface area contributed by atoms with Crippen molar-refractivity contribution >= 4 is 0 Å². The molecule has 0 bridgehead atoms. The van der Waals surface area contributed by atoms with Crippen LogP contribution in [0.1, 0.15) is 31.4 Å². The van der Waals surface area contributed by atoms with E-state index in [0.717, 1.165) is 5.69 Å². The van der Waals surface area contributed by atoms with Crippen molar-refractivity contribution in [2.75, 3.05) is 7.05 Å². The molecule has 1 aromatic rings. The van der Waals surface area contributed by atoms with E-state index in [1.54, 1.807) is 16.8 Å². The second-order valence-corrected chi connectivity index (χ2v) is 4.93. The fourth-order valence-corrected chi connectivity index (χ4v) is 2.70. The van der Waals surface area contributed by atoms with Gasteiger partial charge in [0.2, 0.25) is 0 Å². The number of hydrogen-bond acceptors (Lipinski definition) is 3. The maximum atomic E-state index is 11.7. The van der Waals surface area contributed by atoms with Gasteiger partial charge >= 0.3 is 0 Å². The highest BCUT2D eigenvalue weighted by Crippen LogP contribution is 2.27. The van der Waals surface area contributed by atoms with Crippen LogP contribution < -0.4 is 10.9 Å². The van der Waals surface area contributed by atoms with Crippen molar-refractivity contribution in [3.63, 3.8) is 0 Å². The molecular weight excluding hydrogens is 214 g/mol. The number of rotatable bonds is 4. The van der Waals surface area contributed by atoms with E-state index >= 15 is 0 Å². The van der Waals surface area contributed by atoms with Crippen LogP contribution in [0.2, 0.25) is 0 Å². The Morgan fingerprint density at radius 3 is 2.82 bits per heavy atom. The molecule has 4 heteroatoms. The molecule has 1 unspecified atom stereocenters. The first-order valence-electron chi connectivity index (χ1n) is 6.43. The number of likely N-dealkylation sites (N-methyl/N-ethyl adjacent to an activating group) is 1. The number of aryl methyl sites for hydroxylation is 1. The molecule has 0 aliphatic heterocycles. The Bertz CT molecular complexity index is 421. The highest BCUT2D eigenvalue weighted by Gasteiger charge is 2.24. The summed E-state index contributed by atoms with van der Waals surface area (Å²) < 4.78 is 1.59. The van der Waals surface area contributed by atoms with Gasteiger partial charge in [-0.05, 0) is 38.8 Å². The third kappa shape index (κ3) is 2.94. The SMILES string of the molecule is CNC(Cn1nc(C)ccc1=O)C1CCCC1. The lowest BCUT2D eigenvalue weighted by Gasteiger charge is -2.23. The molecule has 1 aliphatic rings. The average Bonchev–Trinajstić information content (AvgIpc) is 2.84. The molecule has 94 valence electrons. The molecule has 1 N–H and O–H groups in total. The summed E-state index contributed by atoms with van der Waals surface area (Å²) >= 11 is 0. The minimum Gasteiger partial charge on any atom is -0.315 e. The van der Waals surface area contributed by atoms with Gasteiger partial charge in [0.25, 0.3) is 5.56 Å². The van der Waals surface area contributed by atoms with Crippen LogP contribution in [0.15, 0.2) is 16.9 Å². The Hall–Kier alpha value is -1.16. The predicted octanol–water partition coefficient (Wildman–Crippen LogP) is 1.33. The topological polar surface area (TPSA) is 46.9 Å². The van der Waals surface area contributed by atoms with E-state index in [2.05, 4.69) is 10.4 Å². The van der Waals surface area contributed by atoms with Gasteiger partial charge in [0.05, 0.1) is 12.2 Å². The summed E-state index contributed by atoms with van der Waals surface area (Å²) in [4.78, 5) is 11.7. The summed E-state index contributed by atoms with van der Waals surface area (Å²) in [6.45, 7) is 2.60. The zero-order valence-electron chi connectivity index (χ0n) is 10.6. The molecule has 1 fully saturated rings. The van der Waals surface area contributed by atoms with E-state index in [-0.39, 0.29) is 5.56 Å². The molecule has 17 heavy (non-hydrogen) atoms. The van der Waals surface area contributed by atoms with Crippen LogP contribution >= 0.6 is 0 Å². The van der Waals surface area contributed by atoms with Crippen molar-refractivity contribution in [2.45, 2.75) is 45.2 Å². The van der Waals surface area contributed by atoms with Gasteiger partial charge in [-0.3, -0.25) is 4.79 Å². The molecule has 0 aromatic carbocycles. The number of hydrogen-bond donors (Lipinski definition) is 1. The van der Waals surface area contributed by atoms with Gasteiger partial charge < -0.3 is 5.32 Å². The van der Waals surface area contributed by atoms with Crippen LogP contribution in [0, 0.1) is 12.8 Å². The highest BCUT2D eigenvalue weighted by molar-refractivity contribution is 4.97. The molecule has 1 aliphatic carbocycles. The zero-order chi connectivity index (χ0) is 12.3. The maximum Gasteiger partial charge on any atom is 0.266 e. The molecule has 1 saturated carbocycles. The third-order valence-electron chi connectivity index (χ3n) is 3.71. The molecule has 1 aromatic heterocycles. The second-order valence-electron chi connectivity index (χ2n) is 4.93. The third-order valence-corrected chi connectivity index (χ3v) is 3.71. The molecule has 0 saturated heterocycles. The van der Waals surface area contributed by atoms with Gasteiger partial charge in [0.1, 0.15) is 0 Å². The lowest BCUT2D eigenvalue weighted by atomic mass is 9.98. The Balaban J connectivity index is 2.11. The molecule has 0 spiro atoms. The molecule has 1 atom stereocenters. The van der Waals surface area contributed by atoms with Crippen molar-refractivity contribution in [1.29, 1.82) is 0 Å². The van der Waals surface area contributed by atoms with Crippen LogP contribution in [-0.4, -0.2) is 22.9 Å². The first-order valence-corrected chi connectivity index (χ1v) is 6.43. The Labute approximate surface area is 102 Å². The molecule has 0 radical (unpaired) electrons. The normalized spacial score (nSPS) is 18.5. The minimum atomic E-state index is -0.00570. The monoisotopic (exact) mass is 235 g/mol. The zero-order valence-corrected chi connectivity index (χ0v) is 10.6. The summed E-state index contributed by atoms with van der Waals surface area (Å²) in [7, 11) is 1.98. The van der Waals surface area contributed by atoms with Gasteiger partial charge in [0.15, 0.2) is 0 Å². The van der Waals surface area contributed by atoms with Crippen molar-refractivity contribution in [3.05, 3.63) is 28.2 Å². The standard InChI is InChI=1S/C13H21N3O/c1-10-7-8-13(17)16(15-10)9-12(14-2)11-5-3-4-6-11/h7-8,11-12,14H,3-6,9H2,1-2H3. The number of nitrogens with one attached hydrogen (secondary N) is 1. The molecular formula is C13H21N3O. The quantitative estimate of drug-likeness (QED) is 0.856. The lowest BCUT2D eigenvalue weighted by Crippen LogP contribution is -2.40. The average molecular weight is 235 g/mol. The van der Waals surface area contributed by atoms with Gasteiger partial charge in [-0.25, -0.2) is 4.68 Å². The Kier molecular flexibility index (Phi) is 3.94. The summed E-state index contributed by atoms with van der Waals surface area (Å²) in [6.07, 6.45) is 5.18.